The van der Waals surface area contributed by atoms with Crippen LogP contribution in [0.1, 0.15) is 12.8 Å². The van der Waals surface area contributed by atoms with Crippen molar-refractivity contribution in [2.45, 2.75) is 29.5 Å². The van der Waals surface area contributed by atoms with Gasteiger partial charge in [0.25, 0.3) is 0 Å². The van der Waals surface area contributed by atoms with Crippen LogP contribution in [0.5, 0.6) is 0 Å². The zero-order chi connectivity index (χ0) is 19.6. The molecule has 0 aliphatic carbocycles. The fourth-order valence-electron chi connectivity index (χ4n) is 3.37. The average molecular weight is 398 g/mol. The summed E-state index contributed by atoms with van der Waals surface area (Å²) in [6.45, 7) is 1.55. The molecule has 0 unspecified atom stereocenters. The molecule has 1 heterocycles. The number of hydrogen-bond donors (Lipinski definition) is 0. The Kier molecular flexibility index (Phi) is 5.64. The molecule has 8 heteroatoms. The topological polar surface area (TPSA) is 40.6 Å². The van der Waals surface area contributed by atoms with Crippen LogP contribution < -0.4 is 9.80 Å². The third-order valence-corrected chi connectivity index (χ3v) is 6.39. The summed E-state index contributed by atoms with van der Waals surface area (Å²) < 4.78 is 61.7. The molecule has 0 radical (unpaired) electrons. The van der Waals surface area contributed by atoms with Crippen LogP contribution in [0, 0.1) is 5.82 Å². The van der Waals surface area contributed by atoms with E-state index in [1.54, 1.807) is 18.2 Å². The fourth-order valence-corrected chi connectivity index (χ4v) is 4.09. The van der Waals surface area contributed by atoms with Crippen LogP contribution in [0.4, 0.5) is 24.5 Å². The van der Waals surface area contributed by atoms with Crippen LogP contribution in [0.25, 0.3) is 0 Å². The SMILES string of the molecule is CN(c1ccc(S(=O)(=O)C(F)F)cc1)C1CCN(c2cccc(F)c2)CC1. The molecule has 0 atom stereocenters. The van der Waals surface area contributed by atoms with E-state index >= 15 is 0 Å². The number of anilines is 2. The van der Waals surface area contributed by atoms with Crippen LogP contribution in [0.3, 0.4) is 0 Å². The van der Waals surface area contributed by atoms with Gasteiger partial charge in [-0.2, -0.15) is 8.78 Å². The number of alkyl halides is 2. The highest BCUT2D eigenvalue weighted by atomic mass is 32.2. The van der Waals surface area contributed by atoms with E-state index < -0.39 is 15.6 Å². The van der Waals surface area contributed by atoms with Crippen molar-refractivity contribution in [2.75, 3.05) is 29.9 Å². The number of benzene rings is 2. The van der Waals surface area contributed by atoms with Crippen LogP contribution in [-0.4, -0.2) is 40.4 Å². The molecular weight excluding hydrogens is 377 g/mol. The molecule has 0 bridgehead atoms. The number of rotatable bonds is 5. The minimum absolute atomic E-state index is 0.229. The Bertz CT molecular complexity index is 880. The largest absolute Gasteiger partial charge is 0.371 e. The zero-order valence-electron chi connectivity index (χ0n) is 14.9. The van der Waals surface area contributed by atoms with Gasteiger partial charge in [0, 0.05) is 37.6 Å². The second-order valence-corrected chi connectivity index (χ2v) is 8.53. The van der Waals surface area contributed by atoms with Crippen molar-refractivity contribution < 1.29 is 21.6 Å². The second-order valence-electron chi connectivity index (χ2n) is 6.61. The molecule has 146 valence electrons. The maximum Gasteiger partial charge on any atom is 0.341 e. The summed E-state index contributed by atoms with van der Waals surface area (Å²) in [6, 6.07) is 12.3. The van der Waals surface area contributed by atoms with Crippen molar-refractivity contribution in [1.82, 2.24) is 0 Å². The highest BCUT2D eigenvalue weighted by Crippen LogP contribution is 2.27. The number of piperidine rings is 1. The zero-order valence-corrected chi connectivity index (χ0v) is 15.7. The van der Waals surface area contributed by atoms with E-state index in [0.29, 0.717) is 0 Å². The molecule has 0 aromatic heterocycles. The molecular formula is C19H21F3N2O2S. The van der Waals surface area contributed by atoms with Crippen LogP contribution in [-0.2, 0) is 9.84 Å². The monoisotopic (exact) mass is 398 g/mol. The standard InChI is InChI=1S/C19H21F3N2O2S/c1-23(15-5-7-18(8-6-15)27(25,26)19(21)22)16-9-11-24(12-10-16)17-4-2-3-14(20)13-17/h2-8,13,16,19H,9-12H2,1H3. The van der Waals surface area contributed by atoms with Crippen molar-refractivity contribution in [3.05, 3.63) is 54.3 Å². The van der Waals surface area contributed by atoms with Gasteiger partial charge in [-0.25, -0.2) is 12.8 Å². The maximum absolute atomic E-state index is 13.4. The first-order valence-corrected chi connectivity index (χ1v) is 10.2. The van der Waals surface area contributed by atoms with E-state index in [-0.39, 0.29) is 16.8 Å². The number of sulfone groups is 1. The minimum Gasteiger partial charge on any atom is -0.371 e. The Hall–Kier alpha value is -2.22. The summed E-state index contributed by atoms with van der Waals surface area (Å²) in [5.41, 5.74) is 1.63. The first kappa shape index (κ1) is 19.5. The first-order valence-electron chi connectivity index (χ1n) is 8.64. The van der Waals surface area contributed by atoms with Crippen molar-refractivity contribution in [2.24, 2.45) is 0 Å². The van der Waals surface area contributed by atoms with E-state index in [0.717, 1.165) is 37.3 Å². The predicted octanol–water partition coefficient (Wildman–Crippen LogP) is 3.93. The molecule has 0 N–H and O–H groups in total. The number of hydrogen-bond acceptors (Lipinski definition) is 4. The lowest BCUT2D eigenvalue weighted by molar-refractivity contribution is 0.234. The minimum atomic E-state index is -4.57. The predicted molar refractivity (Wildman–Crippen MR) is 99.7 cm³/mol. The molecule has 1 saturated heterocycles. The van der Waals surface area contributed by atoms with Crippen molar-refractivity contribution in [3.8, 4) is 0 Å². The van der Waals surface area contributed by atoms with E-state index in [1.165, 1.54) is 24.3 Å². The van der Waals surface area contributed by atoms with Crippen LogP contribution in [0.15, 0.2) is 53.4 Å². The fraction of sp³-hybridized carbons (Fsp3) is 0.368. The number of nitrogens with zero attached hydrogens (tertiary/aromatic N) is 2. The molecule has 0 saturated carbocycles. The Balaban J connectivity index is 1.65. The van der Waals surface area contributed by atoms with Gasteiger partial charge in [0.15, 0.2) is 0 Å². The van der Waals surface area contributed by atoms with Crippen molar-refractivity contribution in [1.29, 1.82) is 0 Å². The maximum atomic E-state index is 13.4. The summed E-state index contributed by atoms with van der Waals surface area (Å²) in [7, 11) is -2.67. The molecule has 27 heavy (non-hydrogen) atoms. The Labute approximate surface area is 157 Å². The summed E-state index contributed by atoms with van der Waals surface area (Å²) in [4.78, 5) is 3.78. The summed E-state index contributed by atoms with van der Waals surface area (Å²) in [5.74, 6) is -3.68. The summed E-state index contributed by atoms with van der Waals surface area (Å²) in [5, 5.41) is 0. The van der Waals surface area contributed by atoms with Gasteiger partial charge in [-0.3, -0.25) is 0 Å². The quantitative estimate of drug-likeness (QED) is 0.765. The van der Waals surface area contributed by atoms with E-state index in [1.807, 2.05) is 18.0 Å². The summed E-state index contributed by atoms with van der Waals surface area (Å²) in [6.07, 6.45) is 1.70. The second kappa shape index (κ2) is 7.80. The van der Waals surface area contributed by atoms with Crippen molar-refractivity contribution >= 4 is 21.2 Å². The number of halogens is 3. The highest BCUT2D eigenvalue weighted by Gasteiger charge is 2.27. The Morgan fingerprint density at radius 2 is 1.70 bits per heavy atom. The smallest absolute Gasteiger partial charge is 0.341 e. The molecule has 1 fully saturated rings. The normalized spacial score (nSPS) is 16.0. The van der Waals surface area contributed by atoms with E-state index in [2.05, 4.69) is 4.90 Å². The Morgan fingerprint density at radius 3 is 2.26 bits per heavy atom. The van der Waals surface area contributed by atoms with Gasteiger partial charge >= 0.3 is 5.76 Å². The van der Waals surface area contributed by atoms with Gasteiger partial charge in [0.05, 0.1) is 4.90 Å². The molecule has 1 aliphatic heterocycles. The highest BCUT2D eigenvalue weighted by molar-refractivity contribution is 7.91. The van der Waals surface area contributed by atoms with E-state index in [9.17, 15) is 21.6 Å². The molecule has 1 aliphatic rings. The van der Waals surface area contributed by atoms with Gasteiger partial charge in [0.1, 0.15) is 5.82 Å². The Morgan fingerprint density at radius 1 is 1.07 bits per heavy atom. The average Bonchev–Trinajstić information content (AvgIpc) is 2.67. The van der Waals surface area contributed by atoms with E-state index in [4.69, 9.17) is 0 Å². The molecule has 0 spiro atoms. The van der Waals surface area contributed by atoms with Crippen LogP contribution in [0.2, 0.25) is 0 Å². The first-order chi connectivity index (χ1) is 12.8. The van der Waals surface area contributed by atoms with Gasteiger partial charge in [0.2, 0.25) is 9.84 Å². The van der Waals surface area contributed by atoms with Gasteiger partial charge in [-0.05, 0) is 55.3 Å². The van der Waals surface area contributed by atoms with Crippen LogP contribution >= 0.6 is 0 Å². The van der Waals surface area contributed by atoms with Gasteiger partial charge in [-0.1, -0.05) is 6.07 Å². The third kappa shape index (κ3) is 4.21. The van der Waals surface area contributed by atoms with Gasteiger partial charge < -0.3 is 9.80 Å². The lowest BCUT2D eigenvalue weighted by atomic mass is 10.0. The van der Waals surface area contributed by atoms with Crippen molar-refractivity contribution in [3.63, 3.8) is 0 Å². The lowest BCUT2D eigenvalue weighted by Crippen LogP contribution is -2.43. The molecule has 0 amide bonds. The molecule has 4 nitrogen and oxygen atoms in total. The molecule has 3 rings (SSSR count). The van der Waals surface area contributed by atoms with Gasteiger partial charge in [-0.15, -0.1) is 0 Å². The lowest BCUT2D eigenvalue weighted by Gasteiger charge is -2.39. The molecule has 2 aromatic rings. The summed E-state index contributed by atoms with van der Waals surface area (Å²) >= 11 is 0. The molecule has 2 aromatic carbocycles. The third-order valence-electron chi connectivity index (χ3n) is 4.99.